The van der Waals surface area contributed by atoms with Gasteiger partial charge in [-0.2, -0.15) is 9.97 Å². The van der Waals surface area contributed by atoms with Gasteiger partial charge in [0.1, 0.15) is 11.6 Å². The van der Waals surface area contributed by atoms with Gasteiger partial charge < -0.3 is 26.0 Å². The van der Waals surface area contributed by atoms with E-state index in [9.17, 15) is 9.59 Å². The molecule has 2 aromatic rings. The SMILES string of the molecule is Nc1nc(N2CCOCC2)nc2c1[C@H](C(=O)NCCc1ccccc1)CC(=O)N2. The number of hydrogen-bond donors (Lipinski definition) is 3. The Morgan fingerprint density at radius 1 is 1.24 bits per heavy atom. The van der Waals surface area contributed by atoms with Crippen LogP contribution in [0, 0.1) is 0 Å². The van der Waals surface area contributed by atoms with Crippen LogP contribution in [0.4, 0.5) is 17.6 Å². The van der Waals surface area contributed by atoms with Crippen LogP contribution in [0.15, 0.2) is 30.3 Å². The molecule has 1 aromatic carbocycles. The summed E-state index contributed by atoms with van der Waals surface area (Å²) < 4.78 is 5.35. The molecule has 29 heavy (non-hydrogen) atoms. The molecule has 0 bridgehead atoms. The number of fused-ring (bicyclic) bond motifs is 1. The van der Waals surface area contributed by atoms with Gasteiger partial charge in [0.05, 0.1) is 24.7 Å². The van der Waals surface area contributed by atoms with Crippen molar-refractivity contribution < 1.29 is 14.3 Å². The lowest BCUT2D eigenvalue weighted by molar-refractivity contribution is -0.126. The molecule has 1 saturated heterocycles. The molecular formula is C20H24N6O3. The second kappa shape index (κ2) is 8.44. The smallest absolute Gasteiger partial charge is 0.229 e. The molecular weight excluding hydrogens is 372 g/mol. The van der Waals surface area contributed by atoms with Crippen LogP contribution in [0.25, 0.3) is 0 Å². The highest BCUT2D eigenvalue weighted by Crippen LogP contribution is 2.36. The molecule has 152 valence electrons. The molecule has 3 heterocycles. The maximum atomic E-state index is 12.8. The number of anilines is 3. The molecule has 4 rings (SSSR count). The molecule has 2 amide bonds. The van der Waals surface area contributed by atoms with Crippen molar-refractivity contribution in [2.24, 2.45) is 0 Å². The van der Waals surface area contributed by atoms with Crippen LogP contribution in [0.1, 0.15) is 23.5 Å². The number of aromatic nitrogens is 2. The maximum absolute atomic E-state index is 12.8. The molecule has 0 saturated carbocycles. The number of hydrogen-bond acceptors (Lipinski definition) is 7. The average Bonchev–Trinajstić information content (AvgIpc) is 2.74. The van der Waals surface area contributed by atoms with Gasteiger partial charge in [-0.3, -0.25) is 9.59 Å². The van der Waals surface area contributed by atoms with E-state index in [4.69, 9.17) is 10.5 Å². The van der Waals surface area contributed by atoms with Gasteiger partial charge in [0.2, 0.25) is 17.8 Å². The van der Waals surface area contributed by atoms with E-state index in [1.165, 1.54) is 0 Å². The highest BCUT2D eigenvalue weighted by molar-refractivity contribution is 6.01. The Bertz CT molecular complexity index is 899. The van der Waals surface area contributed by atoms with Gasteiger partial charge in [-0.25, -0.2) is 0 Å². The molecule has 0 unspecified atom stereocenters. The molecule has 4 N–H and O–H groups in total. The normalized spacial score (nSPS) is 18.7. The van der Waals surface area contributed by atoms with Crippen LogP contribution in [-0.2, 0) is 20.7 Å². The highest BCUT2D eigenvalue weighted by Gasteiger charge is 2.35. The Balaban J connectivity index is 1.50. The van der Waals surface area contributed by atoms with Crippen molar-refractivity contribution in [2.45, 2.75) is 18.8 Å². The quantitative estimate of drug-likeness (QED) is 0.679. The van der Waals surface area contributed by atoms with Gasteiger partial charge in [-0.1, -0.05) is 30.3 Å². The molecule has 1 fully saturated rings. The molecule has 0 spiro atoms. The van der Waals surface area contributed by atoms with Crippen molar-refractivity contribution in [1.29, 1.82) is 0 Å². The van der Waals surface area contributed by atoms with Crippen molar-refractivity contribution in [1.82, 2.24) is 15.3 Å². The van der Waals surface area contributed by atoms with E-state index in [0.717, 1.165) is 5.56 Å². The summed E-state index contributed by atoms with van der Waals surface area (Å²) in [5.74, 6) is -0.223. The predicted octanol–water partition coefficient (Wildman–Crippen LogP) is 0.680. The summed E-state index contributed by atoms with van der Waals surface area (Å²) in [6, 6.07) is 9.89. The summed E-state index contributed by atoms with van der Waals surface area (Å²) in [5.41, 5.74) is 7.82. The molecule has 1 aromatic heterocycles. The monoisotopic (exact) mass is 396 g/mol. The first-order chi connectivity index (χ1) is 14.1. The number of nitrogens with zero attached hydrogens (tertiary/aromatic N) is 3. The van der Waals surface area contributed by atoms with Gasteiger partial charge >= 0.3 is 0 Å². The molecule has 9 heteroatoms. The summed E-state index contributed by atoms with van der Waals surface area (Å²) in [7, 11) is 0. The van der Waals surface area contributed by atoms with Gasteiger partial charge in [-0.15, -0.1) is 0 Å². The molecule has 2 aliphatic rings. The van der Waals surface area contributed by atoms with E-state index in [1.807, 2.05) is 35.2 Å². The second-order valence-corrected chi connectivity index (χ2v) is 7.10. The minimum Gasteiger partial charge on any atom is -0.383 e. The lowest BCUT2D eigenvalue weighted by Crippen LogP contribution is -2.39. The Hall–Kier alpha value is -3.20. The number of carbonyl (C=O) groups excluding carboxylic acids is 2. The minimum atomic E-state index is -0.701. The first-order valence-corrected chi connectivity index (χ1v) is 9.73. The van der Waals surface area contributed by atoms with Crippen LogP contribution in [-0.4, -0.2) is 54.6 Å². The largest absolute Gasteiger partial charge is 0.383 e. The minimum absolute atomic E-state index is 0.0225. The van der Waals surface area contributed by atoms with Gasteiger partial charge in [0, 0.05) is 26.1 Å². The number of ether oxygens (including phenoxy) is 1. The lowest BCUT2D eigenvalue weighted by Gasteiger charge is -2.30. The summed E-state index contributed by atoms with van der Waals surface area (Å²) in [4.78, 5) is 35.8. The first-order valence-electron chi connectivity index (χ1n) is 9.73. The third kappa shape index (κ3) is 4.29. The van der Waals surface area contributed by atoms with Crippen LogP contribution < -0.4 is 21.3 Å². The fourth-order valence-electron chi connectivity index (χ4n) is 3.61. The van der Waals surface area contributed by atoms with Crippen LogP contribution in [0.3, 0.4) is 0 Å². The van der Waals surface area contributed by atoms with Crippen LogP contribution >= 0.6 is 0 Å². The third-order valence-corrected chi connectivity index (χ3v) is 5.13. The number of nitrogens with one attached hydrogen (secondary N) is 2. The number of morpholine rings is 1. The summed E-state index contributed by atoms with van der Waals surface area (Å²) in [6.45, 7) is 2.94. The average molecular weight is 396 g/mol. The molecule has 0 aliphatic carbocycles. The summed E-state index contributed by atoms with van der Waals surface area (Å²) in [5, 5.41) is 5.65. The van der Waals surface area contributed by atoms with E-state index < -0.39 is 5.92 Å². The molecule has 0 radical (unpaired) electrons. The molecule has 9 nitrogen and oxygen atoms in total. The zero-order valence-corrected chi connectivity index (χ0v) is 16.1. The zero-order valence-electron chi connectivity index (χ0n) is 16.1. The summed E-state index contributed by atoms with van der Waals surface area (Å²) >= 11 is 0. The zero-order chi connectivity index (χ0) is 20.2. The van der Waals surface area contributed by atoms with Crippen molar-refractivity contribution in [2.75, 3.05) is 48.8 Å². The third-order valence-electron chi connectivity index (χ3n) is 5.13. The number of benzene rings is 1. The van der Waals surface area contributed by atoms with Crippen LogP contribution in [0.2, 0.25) is 0 Å². The van der Waals surface area contributed by atoms with Gasteiger partial charge in [-0.05, 0) is 12.0 Å². The fourth-order valence-corrected chi connectivity index (χ4v) is 3.61. The van der Waals surface area contributed by atoms with E-state index >= 15 is 0 Å². The topological polar surface area (TPSA) is 122 Å². The molecule has 1 atom stereocenters. The first kappa shape index (κ1) is 19.1. The van der Waals surface area contributed by atoms with Crippen molar-refractivity contribution in [3.63, 3.8) is 0 Å². The summed E-state index contributed by atoms with van der Waals surface area (Å²) in [6.07, 6.45) is 0.731. The Morgan fingerprint density at radius 3 is 2.76 bits per heavy atom. The van der Waals surface area contributed by atoms with Crippen molar-refractivity contribution >= 4 is 29.4 Å². The fraction of sp³-hybridized carbons (Fsp3) is 0.400. The van der Waals surface area contributed by atoms with E-state index in [1.54, 1.807) is 0 Å². The van der Waals surface area contributed by atoms with Gasteiger partial charge in [0.25, 0.3) is 0 Å². The van der Waals surface area contributed by atoms with Crippen molar-refractivity contribution in [3.05, 3.63) is 41.5 Å². The number of rotatable bonds is 5. The Morgan fingerprint density at radius 2 is 2.00 bits per heavy atom. The Labute approximate surface area is 168 Å². The lowest BCUT2D eigenvalue weighted by atomic mass is 9.92. The maximum Gasteiger partial charge on any atom is 0.229 e. The van der Waals surface area contributed by atoms with E-state index in [-0.39, 0.29) is 24.1 Å². The standard InChI is InChI=1S/C20H24N6O3/c21-17-16-14(19(28)22-7-6-13-4-2-1-3-5-13)12-15(27)23-18(16)25-20(24-17)26-8-10-29-11-9-26/h1-5,14H,6-12H2,(H,22,28)(H3,21,23,24,25,27)/t14-/m1/s1. The second-order valence-electron chi connectivity index (χ2n) is 7.10. The number of amides is 2. The van der Waals surface area contributed by atoms with E-state index in [2.05, 4.69) is 20.6 Å². The number of nitrogen functional groups attached to an aromatic ring is 1. The van der Waals surface area contributed by atoms with Crippen LogP contribution in [0.5, 0.6) is 0 Å². The predicted molar refractivity (Wildman–Crippen MR) is 109 cm³/mol. The number of carbonyl (C=O) groups is 2. The Kier molecular flexibility index (Phi) is 5.57. The molecule has 2 aliphatic heterocycles. The highest BCUT2D eigenvalue weighted by atomic mass is 16.5. The van der Waals surface area contributed by atoms with E-state index in [0.29, 0.717) is 56.6 Å². The van der Waals surface area contributed by atoms with Gasteiger partial charge in [0.15, 0.2) is 0 Å². The van der Waals surface area contributed by atoms with Crippen molar-refractivity contribution in [3.8, 4) is 0 Å². The number of nitrogens with two attached hydrogens (primary N) is 1.